The number of nitrogens with one attached hydrogen (secondary N) is 3. The summed E-state index contributed by atoms with van der Waals surface area (Å²) in [6.07, 6.45) is 0.566. The van der Waals surface area contributed by atoms with Crippen LogP contribution in [0.3, 0.4) is 0 Å². The molecule has 2 saturated heterocycles. The Morgan fingerprint density at radius 3 is 2.36 bits per heavy atom. The first-order valence-corrected chi connectivity index (χ1v) is 11.1. The zero-order chi connectivity index (χ0) is 20.3. The number of rotatable bonds is 6. The van der Waals surface area contributed by atoms with Crippen molar-refractivity contribution in [3.63, 3.8) is 0 Å². The highest BCUT2D eigenvalue weighted by molar-refractivity contribution is 9.09. The first-order valence-electron chi connectivity index (χ1n) is 10.2. The molecule has 0 radical (unpaired) electrons. The first-order chi connectivity index (χ1) is 13.3. The van der Waals surface area contributed by atoms with Gasteiger partial charge in [0, 0.05) is 32.2 Å². The van der Waals surface area contributed by atoms with Gasteiger partial charge in [-0.1, -0.05) is 54.0 Å². The van der Waals surface area contributed by atoms with E-state index in [4.69, 9.17) is 4.74 Å². The molecule has 5 atom stereocenters. The summed E-state index contributed by atoms with van der Waals surface area (Å²) in [6.45, 7) is 12.0. The average molecular weight is 453 g/mol. The Morgan fingerprint density at radius 2 is 1.79 bits per heavy atom. The van der Waals surface area contributed by atoms with Crippen molar-refractivity contribution in [3.8, 4) is 0 Å². The van der Waals surface area contributed by atoms with Crippen LogP contribution in [0.15, 0.2) is 24.3 Å². The van der Waals surface area contributed by atoms with Crippen LogP contribution in [-0.4, -0.2) is 53.0 Å². The number of nitrogens with zero attached hydrogens (tertiary/aromatic N) is 1. The molecule has 3 N–H and O–H groups in total. The minimum Gasteiger partial charge on any atom is -0.373 e. The van der Waals surface area contributed by atoms with E-state index in [0.717, 1.165) is 25.2 Å². The van der Waals surface area contributed by atoms with E-state index in [0.29, 0.717) is 12.5 Å². The minimum absolute atomic E-state index is 0.0119. The van der Waals surface area contributed by atoms with E-state index in [2.05, 4.69) is 89.0 Å². The fourth-order valence-electron chi connectivity index (χ4n) is 4.03. The summed E-state index contributed by atoms with van der Waals surface area (Å²) >= 11 is 3.66. The highest BCUT2D eigenvalue weighted by atomic mass is 79.9. The lowest BCUT2D eigenvalue weighted by molar-refractivity contribution is -0.122. The van der Waals surface area contributed by atoms with E-state index in [9.17, 15) is 4.79 Å². The Balaban J connectivity index is 1.47. The number of benzene rings is 1. The zero-order valence-corrected chi connectivity index (χ0v) is 18.8. The van der Waals surface area contributed by atoms with Crippen LogP contribution in [0, 0.1) is 5.92 Å². The molecule has 2 aliphatic rings. The van der Waals surface area contributed by atoms with Crippen molar-refractivity contribution in [2.45, 2.75) is 69.9 Å². The van der Waals surface area contributed by atoms with Crippen LogP contribution in [-0.2, 0) is 22.6 Å². The number of alkyl halides is 1. The third kappa shape index (κ3) is 5.54. The van der Waals surface area contributed by atoms with Gasteiger partial charge >= 0.3 is 0 Å². The molecule has 28 heavy (non-hydrogen) atoms. The van der Waals surface area contributed by atoms with Crippen LogP contribution in [0.25, 0.3) is 0 Å². The number of hydrogen-bond acceptors (Lipinski definition) is 5. The molecule has 0 spiro atoms. The topological polar surface area (TPSA) is 65.6 Å². The largest absolute Gasteiger partial charge is 0.373 e. The van der Waals surface area contributed by atoms with E-state index >= 15 is 0 Å². The zero-order valence-electron chi connectivity index (χ0n) is 17.2. The third-order valence-electron chi connectivity index (χ3n) is 5.46. The van der Waals surface area contributed by atoms with Crippen LogP contribution in [0.5, 0.6) is 0 Å². The number of carbonyl (C=O) groups is 1. The summed E-state index contributed by atoms with van der Waals surface area (Å²) in [6, 6.07) is 8.49. The van der Waals surface area contributed by atoms with E-state index in [-0.39, 0.29) is 35.0 Å². The molecule has 1 aromatic rings. The molecule has 6 nitrogen and oxygen atoms in total. The van der Waals surface area contributed by atoms with Gasteiger partial charge < -0.3 is 10.1 Å². The molecule has 1 amide bonds. The lowest BCUT2D eigenvalue weighted by Gasteiger charge is -2.35. The molecule has 1 aromatic carbocycles. The molecule has 2 fully saturated rings. The summed E-state index contributed by atoms with van der Waals surface area (Å²) in [5.74, 6) is 0.456. The maximum Gasteiger partial charge on any atom is 0.239 e. The maximum atomic E-state index is 12.5. The fourth-order valence-corrected chi connectivity index (χ4v) is 5.15. The molecule has 0 aliphatic carbocycles. The summed E-state index contributed by atoms with van der Waals surface area (Å²) in [5, 5.41) is 3.04. The Hall–Kier alpha value is -0.990. The van der Waals surface area contributed by atoms with E-state index in [1.807, 2.05) is 0 Å². The standard InChI is InChI=1S/C21H33BrN4O2/c1-13(2)19-18(22)20(25-24-19)21(27)23-9-16-5-7-17(8-6-16)12-26-10-14(3)28-15(4)11-26/h5-8,13-15,18-20,24-25H,9-12H2,1-4H3,(H,23,27). The fraction of sp³-hybridized carbons (Fsp3) is 0.667. The highest BCUT2D eigenvalue weighted by Crippen LogP contribution is 2.22. The predicted octanol–water partition coefficient (Wildman–Crippen LogP) is 2.18. The Bertz CT molecular complexity index is 644. The van der Waals surface area contributed by atoms with Crippen molar-refractivity contribution < 1.29 is 9.53 Å². The molecule has 2 aliphatic heterocycles. The SMILES string of the molecule is CC1CN(Cc2ccc(CNC(=O)C3NNC(C(C)C)C3Br)cc2)CC(C)O1. The smallest absolute Gasteiger partial charge is 0.239 e. The third-order valence-corrected chi connectivity index (χ3v) is 6.56. The van der Waals surface area contributed by atoms with Crippen LogP contribution in [0.2, 0.25) is 0 Å². The van der Waals surface area contributed by atoms with E-state index < -0.39 is 0 Å². The van der Waals surface area contributed by atoms with Gasteiger partial charge in [0.1, 0.15) is 6.04 Å². The molecule has 3 rings (SSSR count). The average Bonchev–Trinajstić information content (AvgIpc) is 3.02. The van der Waals surface area contributed by atoms with Gasteiger partial charge in [-0.05, 0) is 30.9 Å². The Kier molecular flexibility index (Phi) is 7.50. The number of hydrogen-bond donors (Lipinski definition) is 3. The van der Waals surface area contributed by atoms with Gasteiger partial charge in [0.15, 0.2) is 0 Å². The molecular weight excluding hydrogens is 420 g/mol. The van der Waals surface area contributed by atoms with Crippen molar-refractivity contribution in [1.29, 1.82) is 0 Å². The maximum absolute atomic E-state index is 12.5. The Labute approximate surface area is 176 Å². The number of morpholine rings is 1. The summed E-state index contributed by atoms with van der Waals surface area (Å²) < 4.78 is 5.80. The van der Waals surface area contributed by atoms with Crippen molar-refractivity contribution in [1.82, 2.24) is 21.1 Å². The van der Waals surface area contributed by atoms with Crippen molar-refractivity contribution in [3.05, 3.63) is 35.4 Å². The molecule has 5 unspecified atom stereocenters. The minimum atomic E-state index is -0.267. The Morgan fingerprint density at radius 1 is 1.18 bits per heavy atom. The summed E-state index contributed by atoms with van der Waals surface area (Å²) in [5.41, 5.74) is 8.73. The number of hydrazine groups is 1. The molecule has 0 bridgehead atoms. The van der Waals surface area contributed by atoms with Gasteiger partial charge in [-0.2, -0.15) is 0 Å². The molecule has 7 heteroatoms. The molecule has 2 heterocycles. The lowest BCUT2D eigenvalue weighted by atomic mass is 9.99. The second kappa shape index (κ2) is 9.67. The molecule has 156 valence electrons. The van der Waals surface area contributed by atoms with Gasteiger partial charge in [0.25, 0.3) is 0 Å². The van der Waals surface area contributed by atoms with Gasteiger partial charge in [-0.15, -0.1) is 0 Å². The lowest BCUT2D eigenvalue weighted by Crippen LogP contribution is -2.45. The van der Waals surface area contributed by atoms with Gasteiger partial charge in [0.2, 0.25) is 5.91 Å². The molecule has 0 saturated carbocycles. The van der Waals surface area contributed by atoms with Crippen molar-refractivity contribution >= 4 is 21.8 Å². The predicted molar refractivity (Wildman–Crippen MR) is 115 cm³/mol. The van der Waals surface area contributed by atoms with E-state index in [1.54, 1.807) is 0 Å². The van der Waals surface area contributed by atoms with Crippen LogP contribution < -0.4 is 16.2 Å². The summed E-state index contributed by atoms with van der Waals surface area (Å²) in [4.78, 5) is 15.0. The molecule has 0 aromatic heterocycles. The normalized spacial score (nSPS) is 31.3. The quantitative estimate of drug-likeness (QED) is 0.577. The number of ether oxygens (including phenoxy) is 1. The van der Waals surface area contributed by atoms with Crippen molar-refractivity contribution in [2.24, 2.45) is 5.92 Å². The first kappa shape index (κ1) is 21.7. The van der Waals surface area contributed by atoms with Crippen molar-refractivity contribution in [2.75, 3.05) is 13.1 Å². The van der Waals surface area contributed by atoms with Gasteiger partial charge in [0.05, 0.1) is 17.0 Å². The second-order valence-corrected chi connectivity index (χ2v) is 9.52. The van der Waals surface area contributed by atoms with Gasteiger partial charge in [-0.3, -0.25) is 15.1 Å². The number of amides is 1. The second-order valence-electron chi connectivity index (χ2n) is 8.47. The highest BCUT2D eigenvalue weighted by Gasteiger charge is 2.39. The van der Waals surface area contributed by atoms with Crippen LogP contribution in [0.1, 0.15) is 38.8 Å². The summed E-state index contributed by atoms with van der Waals surface area (Å²) in [7, 11) is 0. The van der Waals surface area contributed by atoms with Gasteiger partial charge in [-0.25, -0.2) is 5.43 Å². The van der Waals surface area contributed by atoms with Crippen LogP contribution in [0.4, 0.5) is 0 Å². The van der Waals surface area contributed by atoms with Crippen LogP contribution >= 0.6 is 15.9 Å². The number of halogens is 1. The van der Waals surface area contributed by atoms with E-state index in [1.165, 1.54) is 5.56 Å². The monoisotopic (exact) mass is 452 g/mol. The number of carbonyl (C=O) groups excluding carboxylic acids is 1. The molecular formula is C21H33BrN4O2.